The van der Waals surface area contributed by atoms with Crippen molar-refractivity contribution in [2.75, 3.05) is 5.32 Å². The van der Waals surface area contributed by atoms with Crippen LogP contribution in [0, 0.1) is 5.82 Å². The first-order valence-electron chi connectivity index (χ1n) is 8.59. The summed E-state index contributed by atoms with van der Waals surface area (Å²) in [5.74, 6) is -1.05. The molecule has 1 aliphatic rings. The van der Waals surface area contributed by atoms with Crippen molar-refractivity contribution in [2.45, 2.75) is 25.4 Å². The minimum Gasteiger partial charge on any atom is -0.365 e. The fourth-order valence-corrected chi connectivity index (χ4v) is 3.03. The molecule has 0 spiro atoms. The zero-order valence-corrected chi connectivity index (χ0v) is 14.8. The summed E-state index contributed by atoms with van der Waals surface area (Å²) in [4.78, 5) is 12.5. The molecular weight excluding hydrogens is 392 g/mol. The van der Waals surface area contributed by atoms with Gasteiger partial charge in [0.2, 0.25) is 0 Å². The number of rotatable bonds is 3. The molecular formula is C19H14F4N4O2. The van der Waals surface area contributed by atoms with Crippen LogP contribution in [0.3, 0.4) is 0 Å². The Balaban J connectivity index is 1.50. The maximum Gasteiger partial charge on any atom is 0.416 e. The summed E-state index contributed by atoms with van der Waals surface area (Å²) in [6.45, 7) is 0.297. The Kier molecular flexibility index (Phi) is 4.79. The highest BCUT2D eigenvalue weighted by Crippen LogP contribution is 2.31. The SMILES string of the molecule is O=C(Nc1cccc(C(F)(F)F)c1)c1nnn2c1COC(c1ccc(F)cc1)C2. The second-order valence-electron chi connectivity index (χ2n) is 6.45. The summed E-state index contributed by atoms with van der Waals surface area (Å²) < 4.78 is 58.8. The van der Waals surface area contributed by atoms with Crippen LogP contribution in [0.2, 0.25) is 0 Å². The quantitative estimate of drug-likeness (QED) is 0.669. The summed E-state index contributed by atoms with van der Waals surface area (Å²) in [6, 6.07) is 10.2. The molecule has 1 aliphatic heterocycles. The number of alkyl halides is 3. The Morgan fingerprint density at radius 1 is 1.17 bits per heavy atom. The van der Waals surface area contributed by atoms with E-state index >= 15 is 0 Å². The van der Waals surface area contributed by atoms with Gasteiger partial charge in [-0.15, -0.1) is 5.10 Å². The first-order valence-corrected chi connectivity index (χ1v) is 8.59. The lowest BCUT2D eigenvalue weighted by Gasteiger charge is -2.24. The third kappa shape index (κ3) is 3.97. The molecule has 0 fully saturated rings. The summed E-state index contributed by atoms with van der Waals surface area (Å²) in [5, 5.41) is 10.2. The zero-order chi connectivity index (χ0) is 20.6. The number of benzene rings is 2. The average molecular weight is 406 g/mol. The molecule has 0 saturated heterocycles. The minimum absolute atomic E-state index is 0.00695. The van der Waals surface area contributed by atoms with Gasteiger partial charge in [-0.25, -0.2) is 9.07 Å². The lowest BCUT2D eigenvalue weighted by atomic mass is 10.1. The van der Waals surface area contributed by atoms with E-state index in [2.05, 4.69) is 15.6 Å². The van der Waals surface area contributed by atoms with Crippen molar-refractivity contribution in [2.24, 2.45) is 0 Å². The molecule has 2 heterocycles. The van der Waals surface area contributed by atoms with Crippen LogP contribution < -0.4 is 5.32 Å². The van der Waals surface area contributed by atoms with E-state index in [0.29, 0.717) is 5.69 Å². The summed E-state index contributed by atoms with van der Waals surface area (Å²) >= 11 is 0. The number of ether oxygens (including phenoxy) is 1. The van der Waals surface area contributed by atoms with Crippen LogP contribution in [0.25, 0.3) is 0 Å². The molecule has 0 aliphatic carbocycles. The summed E-state index contributed by atoms with van der Waals surface area (Å²) in [5.41, 5.74) is 0.258. The van der Waals surface area contributed by atoms with E-state index in [1.165, 1.54) is 28.9 Å². The van der Waals surface area contributed by atoms with Gasteiger partial charge in [0.15, 0.2) is 5.69 Å². The number of amides is 1. The third-order valence-electron chi connectivity index (χ3n) is 4.50. The Bertz CT molecular complexity index is 1050. The second-order valence-corrected chi connectivity index (χ2v) is 6.45. The van der Waals surface area contributed by atoms with Gasteiger partial charge in [-0.05, 0) is 35.9 Å². The molecule has 3 aromatic rings. The molecule has 2 aromatic carbocycles. The summed E-state index contributed by atoms with van der Waals surface area (Å²) in [7, 11) is 0. The number of carbonyl (C=O) groups is 1. The van der Waals surface area contributed by atoms with Crippen LogP contribution in [0.15, 0.2) is 48.5 Å². The van der Waals surface area contributed by atoms with Crippen LogP contribution in [0.1, 0.15) is 33.4 Å². The van der Waals surface area contributed by atoms with Crippen LogP contribution in [-0.2, 0) is 24.1 Å². The predicted molar refractivity (Wildman–Crippen MR) is 93.3 cm³/mol. The average Bonchev–Trinajstić information content (AvgIpc) is 3.11. The Labute approximate surface area is 162 Å². The predicted octanol–water partition coefficient (Wildman–Crippen LogP) is 3.96. The van der Waals surface area contributed by atoms with Gasteiger partial charge in [0, 0.05) is 5.69 Å². The third-order valence-corrected chi connectivity index (χ3v) is 4.50. The second kappa shape index (κ2) is 7.28. The van der Waals surface area contributed by atoms with Crippen LogP contribution in [0.4, 0.5) is 23.2 Å². The van der Waals surface area contributed by atoms with Gasteiger partial charge in [-0.3, -0.25) is 4.79 Å². The fraction of sp³-hybridized carbons (Fsp3) is 0.211. The van der Waals surface area contributed by atoms with Gasteiger partial charge in [0.1, 0.15) is 11.9 Å². The maximum absolute atomic E-state index is 13.1. The molecule has 0 saturated carbocycles. The molecule has 6 nitrogen and oxygen atoms in total. The van der Waals surface area contributed by atoms with Crippen molar-refractivity contribution in [1.82, 2.24) is 15.0 Å². The molecule has 1 atom stereocenters. The molecule has 4 rings (SSSR count). The molecule has 0 bridgehead atoms. The molecule has 1 amide bonds. The number of hydrogen-bond donors (Lipinski definition) is 1. The fourth-order valence-electron chi connectivity index (χ4n) is 3.03. The number of fused-ring (bicyclic) bond motifs is 1. The molecule has 1 unspecified atom stereocenters. The number of hydrogen-bond acceptors (Lipinski definition) is 4. The molecule has 150 valence electrons. The lowest BCUT2D eigenvalue weighted by Crippen LogP contribution is -2.24. The van der Waals surface area contributed by atoms with Crippen molar-refractivity contribution in [3.05, 3.63) is 76.9 Å². The summed E-state index contributed by atoms with van der Waals surface area (Å²) in [6.07, 6.45) is -4.90. The van der Waals surface area contributed by atoms with Crippen LogP contribution in [-0.4, -0.2) is 20.9 Å². The number of aromatic nitrogens is 3. The Morgan fingerprint density at radius 2 is 1.93 bits per heavy atom. The smallest absolute Gasteiger partial charge is 0.365 e. The van der Waals surface area contributed by atoms with Crippen molar-refractivity contribution in [3.8, 4) is 0 Å². The lowest BCUT2D eigenvalue weighted by molar-refractivity contribution is -0.137. The number of carbonyl (C=O) groups excluding carboxylic acids is 1. The van der Waals surface area contributed by atoms with Crippen molar-refractivity contribution >= 4 is 11.6 Å². The Hall–Kier alpha value is -3.27. The van der Waals surface area contributed by atoms with Crippen molar-refractivity contribution in [1.29, 1.82) is 0 Å². The minimum atomic E-state index is -4.51. The van der Waals surface area contributed by atoms with E-state index in [-0.39, 0.29) is 36.5 Å². The molecule has 29 heavy (non-hydrogen) atoms. The van der Waals surface area contributed by atoms with Crippen LogP contribution in [0.5, 0.6) is 0 Å². The number of nitrogens with one attached hydrogen (secondary N) is 1. The number of halogens is 4. The standard InChI is InChI=1S/C19H14F4N4O2/c20-13-6-4-11(5-7-13)16-9-27-15(10-29-16)17(25-26-27)18(28)24-14-3-1-2-12(8-14)19(21,22)23/h1-8,16H,9-10H2,(H,24,28). The Morgan fingerprint density at radius 3 is 2.66 bits per heavy atom. The van der Waals surface area contributed by atoms with Crippen molar-refractivity contribution < 1.29 is 27.1 Å². The van der Waals surface area contributed by atoms with Gasteiger partial charge in [-0.2, -0.15) is 13.2 Å². The van der Waals surface area contributed by atoms with E-state index in [0.717, 1.165) is 17.7 Å². The molecule has 1 aromatic heterocycles. The first kappa shape index (κ1) is 19.1. The van der Waals surface area contributed by atoms with Gasteiger partial charge in [0.25, 0.3) is 5.91 Å². The van der Waals surface area contributed by atoms with Gasteiger partial charge < -0.3 is 10.1 Å². The number of nitrogens with zero attached hydrogens (tertiary/aromatic N) is 3. The van der Waals surface area contributed by atoms with E-state index in [9.17, 15) is 22.4 Å². The van der Waals surface area contributed by atoms with E-state index in [1.54, 1.807) is 12.1 Å². The molecule has 1 N–H and O–H groups in total. The number of anilines is 1. The van der Waals surface area contributed by atoms with E-state index in [1.807, 2.05) is 0 Å². The highest BCUT2D eigenvalue weighted by atomic mass is 19.4. The van der Waals surface area contributed by atoms with Gasteiger partial charge >= 0.3 is 6.18 Å². The zero-order valence-electron chi connectivity index (χ0n) is 14.8. The van der Waals surface area contributed by atoms with Crippen molar-refractivity contribution in [3.63, 3.8) is 0 Å². The van der Waals surface area contributed by atoms with Gasteiger partial charge in [-0.1, -0.05) is 23.4 Å². The highest BCUT2D eigenvalue weighted by molar-refractivity contribution is 6.03. The monoisotopic (exact) mass is 406 g/mol. The molecule has 10 heteroatoms. The topological polar surface area (TPSA) is 69.0 Å². The van der Waals surface area contributed by atoms with Crippen LogP contribution >= 0.6 is 0 Å². The maximum atomic E-state index is 13.1. The normalized spacial score (nSPS) is 16.3. The van der Waals surface area contributed by atoms with E-state index in [4.69, 9.17) is 4.74 Å². The highest BCUT2D eigenvalue weighted by Gasteiger charge is 2.31. The van der Waals surface area contributed by atoms with E-state index < -0.39 is 17.6 Å². The largest absolute Gasteiger partial charge is 0.416 e. The molecule has 0 radical (unpaired) electrons. The first-order chi connectivity index (χ1) is 13.8. The van der Waals surface area contributed by atoms with Gasteiger partial charge in [0.05, 0.1) is 24.4 Å².